The van der Waals surface area contributed by atoms with Crippen LogP contribution in [0.1, 0.15) is 17.1 Å². The van der Waals surface area contributed by atoms with Crippen LogP contribution in [0, 0.1) is 0 Å². The highest BCUT2D eigenvalue weighted by molar-refractivity contribution is 7.97. The molecule has 0 saturated heterocycles. The second kappa shape index (κ2) is 6.66. The van der Waals surface area contributed by atoms with E-state index in [9.17, 15) is 0 Å². The lowest BCUT2D eigenvalue weighted by molar-refractivity contribution is 0.460. The number of furan rings is 1. The zero-order valence-electron chi connectivity index (χ0n) is 10.8. The summed E-state index contributed by atoms with van der Waals surface area (Å²) >= 11 is 1.77. The normalized spacial score (nSPS) is 11.0. The van der Waals surface area contributed by atoms with Crippen LogP contribution in [0.4, 0.5) is 0 Å². The second-order valence-corrected chi connectivity index (χ2v) is 5.12. The quantitative estimate of drug-likeness (QED) is 0.780. The molecular weight excluding hydrogens is 246 g/mol. The van der Waals surface area contributed by atoms with Crippen LogP contribution >= 0.6 is 11.8 Å². The van der Waals surface area contributed by atoms with Crippen LogP contribution < -0.4 is 5.32 Å². The van der Waals surface area contributed by atoms with Crippen molar-refractivity contribution in [2.45, 2.75) is 18.7 Å². The predicted molar refractivity (Wildman–Crippen MR) is 74.5 cm³/mol. The van der Waals surface area contributed by atoms with Crippen LogP contribution in [0.25, 0.3) is 0 Å². The van der Waals surface area contributed by atoms with Gasteiger partial charge in [0.25, 0.3) is 0 Å². The van der Waals surface area contributed by atoms with Crippen LogP contribution in [0.15, 0.2) is 28.9 Å². The molecule has 2 rings (SSSR count). The van der Waals surface area contributed by atoms with Gasteiger partial charge in [0.2, 0.25) is 0 Å². The summed E-state index contributed by atoms with van der Waals surface area (Å²) < 4.78 is 7.51. The number of aryl methyl sites for hydroxylation is 1. The largest absolute Gasteiger partial charge is 0.464 e. The van der Waals surface area contributed by atoms with Gasteiger partial charge in [-0.25, -0.2) is 0 Å². The molecule has 0 spiro atoms. The molecule has 0 aliphatic heterocycles. The van der Waals surface area contributed by atoms with Crippen LogP contribution in [0.3, 0.4) is 0 Å². The molecule has 0 aliphatic carbocycles. The maximum Gasteiger partial charge on any atom is 0.117 e. The minimum absolute atomic E-state index is 0.786. The number of rotatable bonds is 7. The number of hydrogen-bond acceptors (Lipinski definition) is 4. The lowest BCUT2D eigenvalue weighted by Crippen LogP contribution is -2.16. The Morgan fingerprint density at radius 3 is 2.94 bits per heavy atom. The summed E-state index contributed by atoms with van der Waals surface area (Å²) in [7, 11) is 1.94. The smallest absolute Gasteiger partial charge is 0.117 e. The monoisotopic (exact) mass is 265 g/mol. The molecule has 2 heterocycles. The van der Waals surface area contributed by atoms with E-state index in [1.807, 2.05) is 30.2 Å². The van der Waals surface area contributed by atoms with Crippen molar-refractivity contribution in [2.24, 2.45) is 7.05 Å². The fourth-order valence-electron chi connectivity index (χ4n) is 1.78. The van der Waals surface area contributed by atoms with Gasteiger partial charge in [0.15, 0.2) is 0 Å². The molecule has 0 bridgehead atoms. The summed E-state index contributed by atoms with van der Waals surface area (Å²) in [5.74, 6) is 2.99. The van der Waals surface area contributed by atoms with Gasteiger partial charge in [-0.2, -0.15) is 16.9 Å². The minimum atomic E-state index is 0.786. The van der Waals surface area contributed by atoms with E-state index in [-0.39, 0.29) is 0 Å². The lowest BCUT2D eigenvalue weighted by atomic mass is 10.2. The number of nitrogens with one attached hydrogen (secondary N) is 1. The molecule has 98 valence electrons. The summed E-state index contributed by atoms with van der Waals surface area (Å²) in [5, 5.41) is 7.52. The van der Waals surface area contributed by atoms with Gasteiger partial charge in [-0.15, -0.1) is 0 Å². The third-order valence-corrected chi connectivity index (χ3v) is 3.23. The molecule has 0 unspecified atom stereocenters. The Balaban J connectivity index is 1.68. The van der Waals surface area contributed by atoms with Gasteiger partial charge in [0.1, 0.15) is 11.5 Å². The van der Waals surface area contributed by atoms with Gasteiger partial charge in [0, 0.05) is 13.2 Å². The highest BCUT2D eigenvalue weighted by Gasteiger charge is 2.01. The molecule has 0 amide bonds. The average molecular weight is 265 g/mol. The fourth-order valence-corrected chi connectivity index (χ4v) is 2.22. The van der Waals surface area contributed by atoms with Gasteiger partial charge < -0.3 is 9.73 Å². The molecular formula is C13H19N3OS. The second-order valence-electron chi connectivity index (χ2n) is 4.25. The van der Waals surface area contributed by atoms with Crippen LogP contribution in [-0.4, -0.2) is 22.6 Å². The highest BCUT2D eigenvalue weighted by Crippen LogP contribution is 2.13. The molecule has 2 aromatic heterocycles. The Hall–Kier alpha value is -1.20. The van der Waals surface area contributed by atoms with E-state index in [1.165, 1.54) is 5.56 Å². The first kappa shape index (κ1) is 13.2. The fraction of sp³-hybridized carbons (Fsp3) is 0.462. The van der Waals surface area contributed by atoms with Crippen LogP contribution in [0.5, 0.6) is 0 Å². The summed E-state index contributed by atoms with van der Waals surface area (Å²) in [6.07, 6.45) is 7.02. The standard InChI is InChI=1S/C13H19N3OS/c1-16-9-11(7-15-16)5-6-14-8-12-3-4-13(17-12)10-18-2/h3-4,7,9,14H,5-6,8,10H2,1-2H3. The molecule has 0 saturated carbocycles. The molecule has 18 heavy (non-hydrogen) atoms. The number of thioether (sulfide) groups is 1. The molecule has 0 atom stereocenters. The third kappa shape index (κ3) is 3.92. The highest BCUT2D eigenvalue weighted by atomic mass is 32.2. The summed E-state index contributed by atoms with van der Waals surface area (Å²) in [6.45, 7) is 1.72. The van der Waals surface area contributed by atoms with Crippen molar-refractivity contribution in [2.75, 3.05) is 12.8 Å². The van der Waals surface area contributed by atoms with Gasteiger partial charge in [-0.1, -0.05) is 0 Å². The van der Waals surface area contributed by atoms with Crippen LogP contribution in [-0.2, 0) is 25.8 Å². The van der Waals surface area contributed by atoms with Gasteiger partial charge in [-0.05, 0) is 36.9 Å². The number of hydrogen-bond donors (Lipinski definition) is 1. The molecule has 0 aromatic carbocycles. The number of aromatic nitrogens is 2. The SMILES string of the molecule is CSCc1ccc(CNCCc2cnn(C)c2)o1. The van der Waals surface area contributed by atoms with E-state index in [0.717, 1.165) is 36.8 Å². The van der Waals surface area contributed by atoms with E-state index in [0.29, 0.717) is 0 Å². The van der Waals surface area contributed by atoms with E-state index in [4.69, 9.17) is 4.42 Å². The first-order chi connectivity index (χ1) is 8.78. The van der Waals surface area contributed by atoms with Crippen molar-refractivity contribution in [3.8, 4) is 0 Å². The summed E-state index contributed by atoms with van der Waals surface area (Å²) in [6, 6.07) is 4.09. The zero-order chi connectivity index (χ0) is 12.8. The zero-order valence-corrected chi connectivity index (χ0v) is 11.7. The van der Waals surface area contributed by atoms with Gasteiger partial charge in [-0.3, -0.25) is 4.68 Å². The molecule has 0 radical (unpaired) electrons. The third-order valence-electron chi connectivity index (χ3n) is 2.65. The Morgan fingerprint density at radius 2 is 2.22 bits per heavy atom. The molecule has 1 N–H and O–H groups in total. The van der Waals surface area contributed by atoms with Crippen molar-refractivity contribution in [3.63, 3.8) is 0 Å². The van der Waals surface area contributed by atoms with Crippen molar-refractivity contribution in [3.05, 3.63) is 41.6 Å². The van der Waals surface area contributed by atoms with E-state index < -0.39 is 0 Å². The Bertz CT molecular complexity index is 478. The Labute approximate surface area is 112 Å². The van der Waals surface area contributed by atoms with Crippen LogP contribution in [0.2, 0.25) is 0 Å². The Morgan fingerprint density at radius 1 is 1.39 bits per heavy atom. The van der Waals surface area contributed by atoms with Crippen molar-refractivity contribution in [1.29, 1.82) is 0 Å². The first-order valence-electron chi connectivity index (χ1n) is 6.02. The molecule has 0 aliphatic rings. The maximum absolute atomic E-state index is 5.68. The molecule has 0 fully saturated rings. The van der Waals surface area contributed by atoms with E-state index >= 15 is 0 Å². The summed E-state index contributed by atoms with van der Waals surface area (Å²) in [5.41, 5.74) is 1.26. The van der Waals surface area contributed by atoms with Crippen molar-refractivity contribution >= 4 is 11.8 Å². The first-order valence-corrected chi connectivity index (χ1v) is 7.42. The number of nitrogens with zero attached hydrogens (tertiary/aromatic N) is 2. The maximum atomic E-state index is 5.68. The average Bonchev–Trinajstić information content (AvgIpc) is 2.95. The van der Waals surface area contributed by atoms with E-state index in [2.05, 4.69) is 22.7 Å². The molecule has 4 nitrogen and oxygen atoms in total. The predicted octanol–water partition coefficient (Wildman–Crippen LogP) is 2.21. The Kier molecular flexibility index (Phi) is 4.90. The minimum Gasteiger partial charge on any atom is -0.464 e. The molecule has 5 heteroatoms. The van der Waals surface area contributed by atoms with E-state index in [1.54, 1.807) is 11.8 Å². The van der Waals surface area contributed by atoms with Crippen molar-refractivity contribution < 1.29 is 4.42 Å². The van der Waals surface area contributed by atoms with Gasteiger partial charge in [0.05, 0.1) is 18.5 Å². The summed E-state index contributed by atoms with van der Waals surface area (Å²) in [4.78, 5) is 0. The molecule has 2 aromatic rings. The van der Waals surface area contributed by atoms with Gasteiger partial charge >= 0.3 is 0 Å². The lowest BCUT2D eigenvalue weighted by Gasteiger charge is -2.01. The topological polar surface area (TPSA) is 43.0 Å². The van der Waals surface area contributed by atoms with Crippen molar-refractivity contribution in [1.82, 2.24) is 15.1 Å².